The smallest absolute Gasteiger partial charge is 0.281 e. The molecule has 232 valence electrons. The molecule has 2 aliphatic carbocycles. The van der Waals surface area contributed by atoms with Gasteiger partial charge in [-0.25, -0.2) is 8.42 Å². The fourth-order valence-corrected chi connectivity index (χ4v) is 10.6. The van der Waals surface area contributed by atoms with Gasteiger partial charge in [0.15, 0.2) is 0 Å². The SMILES string of the molecule is COc1ccccc1S(=O)(=O)N1CCCN(CC2CCCCC2)CCCN(S(=O)(=O)N2CCCCC2)CC2(CC2)C1. The molecule has 2 heterocycles. The number of benzene rings is 1. The monoisotopic (exact) mass is 610 g/mol. The summed E-state index contributed by atoms with van der Waals surface area (Å²) in [6.07, 6.45) is 12.5. The Morgan fingerprint density at radius 1 is 0.732 bits per heavy atom. The molecule has 1 aromatic carbocycles. The number of hydrogen-bond donors (Lipinski definition) is 0. The van der Waals surface area contributed by atoms with E-state index in [0.717, 1.165) is 64.6 Å². The lowest BCUT2D eigenvalue weighted by atomic mass is 9.89. The molecule has 0 aromatic heterocycles. The maximum absolute atomic E-state index is 14.1. The van der Waals surface area contributed by atoms with Gasteiger partial charge in [0.2, 0.25) is 10.0 Å². The van der Waals surface area contributed by atoms with E-state index in [-0.39, 0.29) is 10.3 Å². The highest BCUT2D eigenvalue weighted by atomic mass is 32.2. The van der Waals surface area contributed by atoms with Crippen molar-refractivity contribution in [1.82, 2.24) is 17.8 Å². The molecule has 9 nitrogen and oxygen atoms in total. The van der Waals surface area contributed by atoms with Gasteiger partial charge in [-0.1, -0.05) is 37.8 Å². The summed E-state index contributed by atoms with van der Waals surface area (Å²) in [5, 5.41) is 0. The molecule has 1 spiro atoms. The van der Waals surface area contributed by atoms with Crippen LogP contribution in [0, 0.1) is 11.3 Å². The lowest BCUT2D eigenvalue weighted by Crippen LogP contribution is -2.50. The number of para-hydroxylation sites is 1. The lowest BCUT2D eigenvalue weighted by molar-refractivity contribution is 0.174. The molecule has 2 saturated carbocycles. The van der Waals surface area contributed by atoms with Crippen LogP contribution in [-0.4, -0.2) is 101 Å². The maximum Gasteiger partial charge on any atom is 0.281 e. The number of ether oxygens (including phenoxy) is 1. The Morgan fingerprint density at radius 2 is 1.32 bits per heavy atom. The van der Waals surface area contributed by atoms with Crippen molar-refractivity contribution in [3.63, 3.8) is 0 Å². The van der Waals surface area contributed by atoms with Crippen molar-refractivity contribution in [2.45, 2.75) is 81.9 Å². The average molecular weight is 611 g/mol. The highest BCUT2D eigenvalue weighted by molar-refractivity contribution is 7.89. The van der Waals surface area contributed by atoms with Crippen LogP contribution in [-0.2, 0) is 20.2 Å². The summed E-state index contributed by atoms with van der Waals surface area (Å²) in [5.74, 6) is 1.02. The van der Waals surface area contributed by atoms with Gasteiger partial charge in [-0.15, -0.1) is 0 Å². The van der Waals surface area contributed by atoms with Crippen LogP contribution in [0.15, 0.2) is 29.2 Å². The summed E-state index contributed by atoms with van der Waals surface area (Å²) < 4.78 is 66.6. The van der Waals surface area contributed by atoms with Gasteiger partial charge in [0.05, 0.1) is 7.11 Å². The molecule has 5 rings (SSSR count). The molecule has 0 radical (unpaired) electrons. The van der Waals surface area contributed by atoms with Gasteiger partial charge in [-0.2, -0.15) is 21.3 Å². The molecule has 4 aliphatic rings. The van der Waals surface area contributed by atoms with Crippen molar-refractivity contribution >= 4 is 20.2 Å². The zero-order valence-electron chi connectivity index (χ0n) is 24.9. The summed E-state index contributed by atoms with van der Waals surface area (Å²) in [4.78, 5) is 2.66. The van der Waals surface area contributed by atoms with Crippen LogP contribution in [0.3, 0.4) is 0 Å². The van der Waals surface area contributed by atoms with E-state index in [1.807, 2.05) is 0 Å². The van der Waals surface area contributed by atoms with E-state index >= 15 is 0 Å². The molecule has 0 N–H and O–H groups in total. The minimum absolute atomic E-state index is 0.183. The number of rotatable bonds is 7. The molecule has 2 saturated heterocycles. The first-order valence-corrected chi connectivity index (χ1v) is 18.7. The van der Waals surface area contributed by atoms with Crippen molar-refractivity contribution in [1.29, 1.82) is 0 Å². The van der Waals surface area contributed by atoms with E-state index in [2.05, 4.69) is 4.90 Å². The van der Waals surface area contributed by atoms with E-state index in [0.29, 0.717) is 50.9 Å². The zero-order chi connectivity index (χ0) is 28.9. The summed E-state index contributed by atoms with van der Waals surface area (Å²) >= 11 is 0. The third-order valence-corrected chi connectivity index (χ3v) is 13.5. The third-order valence-electron chi connectivity index (χ3n) is 9.64. The number of methoxy groups -OCH3 is 1. The quantitative estimate of drug-likeness (QED) is 0.460. The van der Waals surface area contributed by atoms with Crippen LogP contribution in [0.4, 0.5) is 0 Å². The molecule has 0 atom stereocenters. The maximum atomic E-state index is 14.1. The second kappa shape index (κ2) is 13.6. The Morgan fingerprint density at radius 3 is 1.98 bits per heavy atom. The minimum atomic E-state index is -3.83. The van der Waals surface area contributed by atoms with Gasteiger partial charge in [0.1, 0.15) is 10.6 Å². The number of hydrogen-bond acceptors (Lipinski definition) is 6. The van der Waals surface area contributed by atoms with E-state index in [4.69, 9.17) is 4.74 Å². The largest absolute Gasteiger partial charge is 0.495 e. The van der Waals surface area contributed by atoms with Crippen molar-refractivity contribution < 1.29 is 21.6 Å². The molecule has 0 bridgehead atoms. The summed E-state index contributed by atoms with van der Waals surface area (Å²) in [6, 6.07) is 6.82. The lowest BCUT2D eigenvalue weighted by Gasteiger charge is -2.37. The normalized spacial score (nSPS) is 25.4. The predicted molar refractivity (Wildman–Crippen MR) is 162 cm³/mol. The third kappa shape index (κ3) is 7.65. The number of piperidine rings is 1. The van der Waals surface area contributed by atoms with Crippen LogP contribution in [0.2, 0.25) is 0 Å². The van der Waals surface area contributed by atoms with Crippen molar-refractivity contribution in [3.8, 4) is 5.75 Å². The first-order valence-electron chi connectivity index (χ1n) is 15.8. The van der Waals surface area contributed by atoms with E-state index in [1.54, 1.807) is 37.2 Å². The molecule has 11 heteroatoms. The molecule has 0 amide bonds. The Labute approximate surface area is 248 Å². The Balaban J connectivity index is 1.42. The van der Waals surface area contributed by atoms with Crippen LogP contribution >= 0.6 is 0 Å². The predicted octanol–water partition coefficient (Wildman–Crippen LogP) is 4.17. The van der Waals surface area contributed by atoms with Gasteiger partial charge >= 0.3 is 0 Å². The van der Waals surface area contributed by atoms with Gasteiger partial charge < -0.3 is 9.64 Å². The molecule has 0 unspecified atom stereocenters. The molecule has 4 fully saturated rings. The summed E-state index contributed by atoms with van der Waals surface area (Å²) in [5.41, 5.74) is -0.348. The minimum Gasteiger partial charge on any atom is -0.495 e. The van der Waals surface area contributed by atoms with E-state index in [1.165, 1.54) is 39.2 Å². The second-order valence-corrected chi connectivity index (χ2v) is 16.6. The highest BCUT2D eigenvalue weighted by Gasteiger charge is 2.49. The van der Waals surface area contributed by atoms with Gasteiger partial charge in [0.25, 0.3) is 10.2 Å². The summed E-state index contributed by atoms with van der Waals surface area (Å²) in [6.45, 7) is 5.46. The zero-order valence-corrected chi connectivity index (χ0v) is 26.5. The van der Waals surface area contributed by atoms with Crippen LogP contribution in [0.5, 0.6) is 5.75 Å². The fourth-order valence-electron chi connectivity index (χ4n) is 7.05. The van der Waals surface area contributed by atoms with E-state index < -0.39 is 20.2 Å². The Kier molecular flexibility index (Phi) is 10.3. The Hall–Kier alpha value is -1.24. The molecule has 1 aromatic rings. The van der Waals surface area contributed by atoms with Gasteiger partial charge in [-0.05, 0) is 87.9 Å². The van der Waals surface area contributed by atoms with Crippen LogP contribution in [0.25, 0.3) is 0 Å². The molecular formula is C30H50N4O5S2. The van der Waals surface area contributed by atoms with Crippen LogP contribution < -0.4 is 4.74 Å². The van der Waals surface area contributed by atoms with Crippen LogP contribution in [0.1, 0.15) is 77.0 Å². The second-order valence-electron chi connectivity index (χ2n) is 12.8. The highest BCUT2D eigenvalue weighted by Crippen LogP contribution is 2.48. The van der Waals surface area contributed by atoms with Crippen molar-refractivity contribution in [2.75, 3.05) is 66.0 Å². The number of nitrogens with zero attached hydrogens (tertiary/aromatic N) is 4. The average Bonchev–Trinajstić information content (AvgIpc) is 3.75. The molecular weight excluding hydrogens is 560 g/mol. The first-order chi connectivity index (χ1) is 19.7. The fraction of sp³-hybridized carbons (Fsp3) is 0.800. The molecule has 41 heavy (non-hydrogen) atoms. The standard InChI is InChI=1S/C30H50N4O5S2/c1-39-28-14-6-7-15-29(28)40(35,36)33-22-10-18-31(24-27-12-4-2-5-13-27)19-11-23-34(26-30(25-33)16-17-30)41(37,38)32-20-8-3-9-21-32/h6-7,14-15,27H,2-5,8-13,16-26H2,1H3. The summed E-state index contributed by atoms with van der Waals surface area (Å²) in [7, 11) is -5.94. The van der Waals surface area contributed by atoms with E-state index in [9.17, 15) is 16.8 Å². The topological polar surface area (TPSA) is 90.5 Å². The van der Waals surface area contributed by atoms with Crippen molar-refractivity contribution in [3.05, 3.63) is 24.3 Å². The first kappa shape index (κ1) is 31.2. The van der Waals surface area contributed by atoms with Gasteiger partial charge in [-0.3, -0.25) is 0 Å². The molecule has 2 aliphatic heterocycles. The number of sulfonamides is 1. The van der Waals surface area contributed by atoms with Crippen molar-refractivity contribution in [2.24, 2.45) is 11.3 Å². The van der Waals surface area contributed by atoms with Gasteiger partial charge in [0, 0.05) is 45.8 Å². The Bertz CT molecular complexity index is 1210.